The van der Waals surface area contributed by atoms with Gasteiger partial charge in [-0.2, -0.15) is 0 Å². The van der Waals surface area contributed by atoms with Crippen LogP contribution < -0.4 is 5.32 Å². The van der Waals surface area contributed by atoms with Crippen LogP contribution in [-0.4, -0.2) is 49.6 Å². The molecule has 1 aromatic rings. The SMILES string of the molecule is CCNC(=O)[C@H](C(=O)OCCN(CC)CC)c1ccccc1. The fraction of sp³-hybridized carbons (Fsp3) is 0.529. The second-order valence-electron chi connectivity index (χ2n) is 4.93. The zero-order valence-electron chi connectivity index (χ0n) is 13.7. The van der Waals surface area contributed by atoms with Crippen molar-refractivity contribution in [2.75, 3.05) is 32.8 Å². The van der Waals surface area contributed by atoms with Gasteiger partial charge < -0.3 is 15.0 Å². The summed E-state index contributed by atoms with van der Waals surface area (Å²) in [6, 6.07) is 9.01. The van der Waals surface area contributed by atoms with Crippen LogP contribution in [-0.2, 0) is 14.3 Å². The molecule has 122 valence electrons. The minimum absolute atomic E-state index is 0.295. The Morgan fingerprint density at radius 1 is 1.14 bits per heavy atom. The maximum absolute atomic E-state index is 12.3. The molecule has 1 N–H and O–H groups in total. The zero-order chi connectivity index (χ0) is 16.4. The summed E-state index contributed by atoms with van der Waals surface area (Å²) in [5.74, 6) is -1.72. The maximum atomic E-state index is 12.3. The van der Waals surface area contributed by atoms with Gasteiger partial charge in [0.25, 0.3) is 0 Å². The number of esters is 1. The first-order chi connectivity index (χ1) is 10.6. The van der Waals surface area contributed by atoms with E-state index in [9.17, 15) is 9.59 Å². The average molecular weight is 306 g/mol. The van der Waals surface area contributed by atoms with Crippen molar-refractivity contribution in [2.45, 2.75) is 26.7 Å². The van der Waals surface area contributed by atoms with Crippen LogP contribution in [0.1, 0.15) is 32.3 Å². The summed E-state index contributed by atoms with van der Waals surface area (Å²) in [7, 11) is 0. The van der Waals surface area contributed by atoms with E-state index < -0.39 is 11.9 Å². The number of hydrogen-bond donors (Lipinski definition) is 1. The van der Waals surface area contributed by atoms with E-state index in [1.807, 2.05) is 25.1 Å². The van der Waals surface area contributed by atoms with Gasteiger partial charge in [0.05, 0.1) is 0 Å². The lowest BCUT2D eigenvalue weighted by atomic mass is 9.98. The number of amides is 1. The van der Waals surface area contributed by atoms with Crippen LogP contribution in [0.25, 0.3) is 0 Å². The smallest absolute Gasteiger partial charge is 0.323 e. The van der Waals surface area contributed by atoms with E-state index in [0.29, 0.717) is 25.3 Å². The zero-order valence-corrected chi connectivity index (χ0v) is 13.7. The fourth-order valence-corrected chi connectivity index (χ4v) is 2.21. The molecule has 5 nitrogen and oxygen atoms in total. The number of likely N-dealkylation sites (N-methyl/N-ethyl adjacent to an activating group) is 2. The summed E-state index contributed by atoms with van der Waals surface area (Å²) in [5.41, 5.74) is 0.654. The molecule has 0 spiro atoms. The Labute approximate surface area is 132 Å². The first kappa shape index (κ1) is 18.2. The van der Waals surface area contributed by atoms with E-state index in [4.69, 9.17) is 4.74 Å². The molecule has 1 rings (SSSR count). The lowest BCUT2D eigenvalue weighted by Crippen LogP contribution is -2.36. The topological polar surface area (TPSA) is 58.6 Å². The van der Waals surface area contributed by atoms with E-state index in [1.165, 1.54) is 0 Å². The van der Waals surface area contributed by atoms with Crippen molar-refractivity contribution in [3.05, 3.63) is 35.9 Å². The molecule has 0 aliphatic heterocycles. The van der Waals surface area contributed by atoms with E-state index in [-0.39, 0.29) is 5.91 Å². The second-order valence-corrected chi connectivity index (χ2v) is 4.93. The monoisotopic (exact) mass is 306 g/mol. The number of benzene rings is 1. The van der Waals surface area contributed by atoms with Crippen molar-refractivity contribution in [1.82, 2.24) is 10.2 Å². The normalized spacial score (nSPS) is 12.0. The van der Waals surface area contributed by atoms with Crippen LogP contribution in [0.3, 0.4) is 0 Å². The largest absolute Gasteiger partial charge is 0.463 e. The molecule has 0 unspecified atom stereocenters. The molecular formula is C17H26N2O3. The Balaban J connectivity index is 2.71. The lowest BCUT2D eigenvalue weighted by molar-refractivity contribution is -0.149. The number of rotatable bonds is 9. The minimum atomic E-state index is -0.905. The second kappa shape index (κ2) is 9.95. The lowest BCUT2D eigenvalue weighted by Gasteiger charge is -2.19. The molecule has 0 saturated heterocycles. The van der Waals surface area contributed by atoms with E-state index >= 15 is 0 Å². The standard InChI is InChI=1S/C17H26N2O3/c1-4-18-16(20)15(14-10-8-7-9-11-14)17(21)22-13-12-19(5-2)6-3/h7-11,15H,4-6,12-13H2,1-3H3,(H,18,20)/t15-/m1/s1. The van der Waals surface area contributed by atoms with Crippen molar-refractivity contribution in [1.29, 1.82) is 0 Å². The van der Waals surface area contributed by atoms with Crippen molar-refractivity contribution in [3.63, 3.8) is 0 Å². The van der Waals surface area contributed by atoms with Crippen LogP contribution in [0.4, 0.5) is 0 Å². The van der Waals surface area contributed by atoms with Gasteiger partial charge in [0.15, 0.2) is 5.92 Å². The molecule has 0 radical (unpaired) electrons. The summed E-state index contributed by atoms with van der Waals surface area (Å²) >= 11 is 0. The van der Waals surface area contributed by atoms with Crippen LogP contribution in [0, 0.1) is 0 Å². The van der Waals surface area contributed by atoms with Crippen molar-refractivity contribution in [2.24, 2.45) is 0 Å². The molecule has 0 fully saturated rings. The number of ether oxygens (including phenoxy) is 1. The summed E-state index contributed by atoms with van der Waals surface area (Å²) < 4.78 is 5.32. The fourth-order valence-electron chi connectivity index (χ4n) is 2.21. The predicted molar refractivity (Wildman–Crippen MR) is 86.6 cm³/mol. The molecule has 5 heteroatoms. The molecule has 0 heterocycles. The van der Waals surface area contributed by atoms with Gasteiger partial charge in [0, 0.05) is 13.1 Å². The average Bonchev–Trinajstić information content (AvgIpc) is 2.53. The highest BCUT2D eigenvalue weighted by atomic mass is 16.5. The summed E-state index contributed by atoms with van der Waals surface area (Å²) in [6.07, 6.45) is 0. The van der Waals surface area contributed by atoms with Gasteiger partial charge >= 0.3 is 5.97 Å². The Morgan fingerprint density at radius 3 is 2.32 bits per heavy atom. The van der Waals surface area contributed by atoms with Crippen LogP contribution in [0.5, 0.6) is 0 Å². The van der Waals surface area contributed by atoms with Gasteiger partial charge in [-0.15, -0.1) is 0 Å². The first-order valence-electron chi connectivity index (χ1n) is 7.85. The molecule has 1 aromatic carbocycles. The number of nitrogens with one attached hydrogen (secondary N) is 1. The van der Waals surface area contributed by atoms with Crippen molar-refractivity contribution in [3.8, 4) is 0 Å². The highest BCUT2D eigenvalue weighted by molar-refractivity contribution is 6.03. The third kappa shape index (κ3) is 5.48. The van der Waals surface area contributed by atoms with Gasteiger partial charge in [-0.25, -0.2) is 0 Å². The highest BCUT2D eigenvalue weighted by Gasteiger charge is 2.29. The molecular weight excluding hydrogens is 280 g/mol. The maximum Gasteiger partial charge on any atom is 0.323 e. The van der Waals surface area contributed by atoms with Gasteiger partial charge in [0.2, 0.25) is 5.91 Å². The van der Waals surface area contributed by atoms with Crippen LogP contribution in [0.2, 0.25) is 0 Å². The minimum Gasteiger partial charge on any atom is -0.463 e. The van der Waals surface area contributed by atoms with Gasteiger partial charge in [-0.05, 0) is 25.6 Å². The third-order valence-corrected chi connectivity index (χ3v) is 3.53. The van der Waals surface area contributed by atoms with Gasteiger partial charge in [-0.3, -0.25) is 9.59 Å². The summed E-state index contributed by atoms with van der Waals surface area (Å²) in [4.78, 5) is 26.7. The third-order valence-electron chi connectivity index (χ3n) is 3.53. The van der Waals surface area contributed by atoms with E-state index in [2.05, 4.69) is 24.1 Å². The quantitative estimate of drug-likeness (QED) is 0.558. The Morgan fingerprint density at radius 2 is 1.77 bits per heavy atom. The van der Waals surface area contributed by atoms with Crippen molar-refractivity contribution < 1.29 is 14.3 Å². The van der Waals surface area contributed by atoms with Crippen LogP contribution >= 0.6 is 0 Å². The molecule has 22 heavy (non-hydrogen) atoms. The van der Waals surface area contributed by atoms with E-state index in [1.54, 1.807) is 12.1 Å². The molecule has 0 saturated carbocycles. The summed E-state index contributed by atoms with van der Waals surface area (Å²) in [5, 5.41) is 2.70. The molecule has 0 bridgehead atoms. The highest BCUT2D eigenvalue weighted by Crippen LogP contribution is 2.17. The van der Waals surface area contributed by atoms with Gasteiger partial charge in [0.1, 0.15) is 6.61 Å². The molecule has 0 aromatic heterocycles. The first-order valence-corrected chi connectivity index (χ1v) is 7.85. The van der Waals surface area contributed by atoms with Crippen molar-refractivity contribution >= 4 is 11.9 Å². The summed E-state index contributed by atoms with van der Waals surface area (Å²) in [6.45, 7) is 9.22. The Hall–Kier alpha value is -1.88. The number of hydrogen-bond acceptors (Lipinski definition) is 4. The molecule has 0 aliphatic carbocycles. The number of nitrogens with zero attached hydrogens (tertiary/aromatic N) is 1. The van der Waals surface area contributed by atoms with Gasteiger partial charge in [-0.1, -0.05) is 44.2 Å². The Kier molecular flexibility index (Phi) is 8.22. The molecule has 0 aliphatic rings. The van der Waals surface area contributed by atoms with E-state index in [0.717, 1.165) is 13.1 Å². The molecule has 1 amide bonds. The Bertz CT molecular complexity index is 458. The number of carbonyl (C=O) groups is 2. The number of carbonyl (C=O) groups excluding carboxylic acids is 2. The molecule has 1 atom stereocenters. The predicted octanol–water partition coefficient (Wildman–Crippen LogP) is 1.79. The van der Waals surface area contributed by atoms with Crippen LogP contribution in [0.15, 0.2) is 30.3 Å².